The molecule has 0 radical (unpaired) electrons. The second-order valence-electron chi connectivity index (χ2n) is 24.0. The molecule has 0 aliphatic carbocycles. The van der Waals surface area contributed by atoms with Crippen molar-refractivity contribution in [1.29, 1.82) is 0 Å². The third kappa shape index (κ3) is 14.6. The fraction of sp³-hybridized carbons (Fsp3) is 0.569. The number of phenols is 3. The van der Waals surface area contributed by atoms with Gasteiger partial charge in [0.25, 0.3) is 11.7 Å². The molecule has 6 aliphatic rings. The second-order valence-corrected chi connectivity index (χ2v) is 27.0. The number of nitrogens with one attached hydrogen (secondary N) is 1. The van der Waals surface area contributed by atoms with E-state index in [0.717, 1.165) is 19.5 Å². The van der Waals surface area contributed by atoms with Crippen LogP contribution >= 0.6 is 15.6 Å². The molecule has 8 heterocycles. The maximum Gasteiger partial charge on any atom is 0.481 e. The summed E-state index contributed by atoms with van der Waals surface area (Å²) >= 11 is 0. The Morgan fingerprint density at radius 1 is 0.840 bits per heavy atom. The average molecular weight is 1360 g/mol. The number of carbonyl (C=O) groups excluding carboxylic acids is 3. The molecule has 2 aromatic heterocycles. The lowest BCUT2D eigenvalue weighted by molar-refractivity contribution is -0.231. The van der Waals surface area contributed by atoms with Crippen molar-refractivity contribution in [1.82, 2.24) is 29.4 Å². The van der Waals surface area contributed by atoms with Gasteiger partial charge in [-0.3, -0.25) is 33.0 Å². The Morgan fingerprint density at radius 2 is 1.49 bits per heavy atom. The number of nitrogen functional groups attached to an aromatic ring is 1. The van der Waals surface area contributed by atoms with Crippen LogP contribution in [0.4, 0.5) is 11.5 Å². The van der Waals surface area contributed by atoms with Gasteiger partial charge >= 0.3 is 27.4 Å². The standard InChI is InChI=1S/C58H79N9O25P2/c1-25-12-11-13-26(2)55(78)64-39-32(20-63-66-17-15-65(9)16-18-66)43(71)36-37(46(39)74)42(70)29(5)51-38(36)52(77)58(8,91-51)84-19-14-33(83-10)27(3)49(87-31(7)68)30(6)50(28(4)41(25)69)90-57-48(76)45(73)35(89-57)22-86-94(81,82)92-93(79,80)85-21-34-44(72)47(75)56(88-34)67-24-62-40-53(59)60-23-61-54(40)67/h11-14,19-20,23-25,27-28,30,33-35,41,44-45,47-50,56-57,69-76H,15-18,21-22H2,1-10H3,(H,64,78)(H,79,80)(H,81,82)(H2,59,60,61)/b12-11+,19-14+,26-13-,63-20+/t25-,27+,28+,30-,33-,34+,35+,41-,44+,45+,47+,48+,49+,50+,56+,57+,58-/m0/s1. The molecule has 4 aromatic rings. The molecule has 516 valence electrons. The number of nitrogens with zero attached hydrogens (tertiary/aromatic N) is 7. The van der Waals surface area contributed by atoms with Crippen LogP contribution in [0.1, 0.15) is 76.2 Å². The predicted molar refractivity (Wildman–Crippen MR) is 328 cm³/mol. The quantitative estimate of drug-likeness (QED) is 0.0266. The number of hydrogen-bond acceptors (Lipinski definition) is 30. The number of imidazole rings is 1. The number of amides is 1. The van der Waals surface area contributed by atoms with Crippen LogP contribution < -0.4 is 15.8 Å². The Labute approximate surface area is 537 Å². The van der Waals surface area contributed by atoms with E-state index in [2.05, 4.69) is 34.6 Å². The minimum absolute atomic E-state index is 0.00457. The molecule has 19 atom stereocenters. The van der Waals surface area contributed by atoms with Gasteiger partial charge in [0.15, 0.2) is 29.7 Å². The van der Waals surface area contributed by atoms with Gasteiger partial charge in [-0.1, -0.05) is 45.9 Å². The molecule has 6 aliphatic heterocycles. The number of allylic oxidation sites excluding steroid dienone is 2. The summed E-state index contributed by atoms with van der Waals surface area (Å²) < 4.78 is 83.9. The van der Waals surface area contributed by atoms with E-state index in [9.17, 15) is 74.2 Å². The number of ether oxygens (including phenoxy) is 7. The molecule has 36 heteroatoms. The molecule has 2 aromatic carbocycles. The number of esters is 1. The minimum Gasteiger partial charge on any atom is -0.507 e. The number of benzene rings is 2. The summed E-state index contributed by atoms with van der Waals surface area (Å²) in [5.41, 5.74) is 5.22. The number of phosphoric acid groups is 2. The lowest BCUT2D eigenvalue weighted by Gasteiger charge is -2.41. The van der Waals surface area contributed by atoms with Crippen LogP contribution in [-0.2, 0) is 60.5 Å². The number of ketones is 1. The molecule has 2 unspecified atom stereocenters. The number of carbonyl (C=O) groups is 3. The van der Waals surface area contributed by atoms with Crippen molar-refractivity contribution >= 4 is 73.0 Å². The Hall–Kier alpha value is -6.79. The summed E-state index contributed by atoms with van der Waals surface area (Å²) in [6, 6.07) is 0. The third-order valence-electron chi connectivity index (χ3n) is 17.4. The zero-order valence-electron chi connectivity index (χ0n) is 52.8. The first-order valence-corrected chi connectivity index (χ1v) is 32.8. The molecule has 0 saturated carbocycles. The number of aromatic nitrogens is 4. The molecule has 0 spiro atoms. The van der Waals surface area contributed by atoms with Crippen LogP contribution in [0.5, 0.6) is 23.0 Å². The largest absolute Gasteiger partial charge is 0.507 e. The minimum atomic E-state index is -5.66. The number of phenolic OH excluding ortho intramolecular Hbond substituents is 3. The van der Waals surface area contributed by atoms with Gasteiger partial charge in [0.2, 0.25) is 0 Å². The smallest absolute Gasteiger partial charge is 0.481 e. The molecule has 1 amide bonds. The Bertz CT molecular complexity index is 3730. The van der Waals surface area contributed by atoms with Crippen LogP contribution in [0.3, 0.4) is 0 Å². The highest BCUT2D eigenvalue weighted by atomic mass is 31.3. The van der Waals surface area contributed by atoms with Crippen LogP contribution in [0, 0.1) is 30.6 Å². The van der Waals surface area contributed by atoms with Gasteiger partial charge in [-0.15, -0.1) is 0 Å². The zero-order valence-corrected chi connectivity index (χ0v) is 54.6. The second kappa shape index (κ2) is 28.5. The number of aliphatic hydroxyl groups is 5. The summed E-state index contributed by atoms with van der Waals surface area (Å²) in [6.45, 7) is 11.8. The van der Waals surface area contributed by atoms with E-state index in [1.54, 1.807) is 38.8 Å². The Balaban J connectivity index is 0.964. The number of methoxy groups -OCH3 is 1. The SMILES string of the molecule is CO[C@H]1/C=C/O[C@@]2(C)Oc3c(C)c(O)c4c(O)c(c(/C=N/N5CCN(C)CC5)c(O)c4c3C2=O)NC(=O)/C(C)=C\C=C\[C@H](C)[C@H](O)[C@@H](C)[C@@H](O[C@H]2O[C@H](COP(=O)(O)OP(=O)(O)OC[C@H]3O[C@@H](n4cnc5c(N)ncnc54)[C@H](O)[C@@H]3O)[C@@H](O)[C@H]2O)[C@@H](C)[C@H](OC(C)=O)[C@@H]1C. The number of fused-ring (bicyclic) bond motifs is 15. The van der Waals surface area contributed by atoms with Gasteiger partial charge in [0.05, 0.1) is 72.5 Å². The van der Waals surface area contributed by atoms with Gasteiger partial charge in [-0.25, -0.2) is 24.1 Å². The third-order valence-corrected chi connectivity index (χ3v) is 20.0. The van der Waals surface area contributed by atoms with E-state index in [1.165, 1.54) is 63.2 Å². The molecule has 94 heavy (non-hydrogen) atoms. The summed E-state index contributed by atoms with van der Waals surface area (Å²) in [7, 11) is -7.99. The van der Waals surface area contributed by atoms with Crippen LogP contribution in [0.2, 0.25) is 0 Å². The normalized spacial score (nSPS) is 34.1. The lowest BCUT2D eigenvalue weighted by atomic mass is 9.78. The van der Waals surface area contributed by atoms with Crippen molar-refractivity contribution in [2.24, 2.45) is 28.8 Å². The summed E-state index contributed by atoms with van der Waals surface area (Å²) in [4.78, 5) is 77.2. The number of piperazine rings is 1. The summed E-state index contributed by atoms with van der Waals surface area (Å²) in [6.07, 6.45) is -8.49. The first-order chi connectivity index (χ1) is 44.2. The molecule has 3 saturated heterocycles. The monoisotopic (exact) mass is 1360 g/mol. The first kappa shape index (κ1) is 71.5. The maximum absolute atomic E-state index is 14.8. The van der Waals surface area contributed by atoms with E-state index < -0.39 is 172 Å². The van der Waals surface area contributed by atoms with Crippen molar-refractivity contribution in [3.63, 3.8) is 0 Å². The number of nitrogens with two attached hydrogens (primary N) is 1. The van der Waals surface area contributed by atoms with Crippen molar-refractivity contribution in [2.75, 3.05) is 64.6 Å². The topological polar surface area (TPSA) is 480 Å². The van der Waals surface area contributed by atoms with Crippen molar-refractivity contribution < 1.29 is 121 Å². The molecular weight excluding hydrogens is 1280 g/mol. The van der Waals surface area contributed by atoms with Crippen LogP contribution in [0.25, 0.3) is 21.9 Å². The number of aromatic hydroxyl groups is 3. The lowest BCUT2D eigenvalue weighted by Crippen LogP contribution is -2.50. The van der Waals surface area contributed by atoms with Gasteiger partial charge in [-0.05, 0) is 27.0 Å². The Morgan fingerprint density at radius 3 is 2.14 bits per heavy atom. The highest BCUT2D eigenvalue weighted by molar-refractivity contribution is 7.61. The number of anilines is 2. The van der Waals surface area contributed by atoms with Crippen molar-refractivity contribution in [2.45, 2.75) is 135 Å². The van der Waals surface area contributed by atoms with Gasteiger partial charge in [0.1, 0.15) is 71.8 Å². The number of hydrazone groups is 1. The van der Waals surface area contributed by atoms with Gasteiger partial charge in [0, 0.05) is 87.3 Å². The van der Waals surface area contributed by atoms with E-state index >= 15 is 0 Å². The van der Waals surface area contributed by atoms with E-state index in [0.29, 0.717) is 26.2 Å². The number of hydrogen-bond donors (Lipinski definition) is 12. The molecule has 5 bridgehead atoms. The maximum atomic E-state index is 14.8. The molecule has 13 N–H and O–H groups in total. The van der Waals surface area contributed by atoms with E-state index in [4.69, 9.17) is 47.9 Å². The number of Topliss-reactive ketones (excluding diaryl/α,β-unsaturated/α-hetero) is 1. The van der Waals surface area contributed by atoms with E-state index in [-0.39, 0.29) is 56.1 Å². The highest BCUT2D eigenvalue weighted by Gasteiger charge is 2.53. The average Bonchev–Trinajstić information content (AvgIpc) is 1.41. The molecule has 10 rings (SSSR count). The number of likely N-dealkylation sites (N-methyl/N-ethyl adjacent to an activating group) is 1. The van der Waals surface area contributed by atoms with Crippen molar-refractivity contribution in [3.05, 3.63) is 65.5 Å². The van der Waals surface area contributed by atoms with Crippen LogP contribution in [0.15, 0.2) is 53.9 Å². The summed E-state index contributed by atoms with van der Waals surface area (Å²) in [5.74, 6) is -10.6. The van der Waals surface area contributed by atoms with E-state index in [1.807, 2.05) is 7.05 Å². The number of rotatable bonds is 15. The predicted octanol–water partition coefficient (Wildman–Crippen LogP) is 2.10. The van der Waals surface area contributed by atoms with Gasteiger partial charge < -0.3 is 99.7 Å². The van der Waals surface area contributed by atoms with Crippen LogP contribution in [-0.4, -0.2) is 231 Å². The molecule has 34 nitrogen and oxygen atoms in total. The number of phosphoric ester groups is 2. The zero-order chi connectivity index (χ0) is 68.8. The van der Waals surface area contributed by atoms with Crippen molar-refractivity contribution in [3.8, 4) is 23.0 Å². The fourth-order valence-electron chi connectivity index (χ4n) is 11.9. The first-order valence-electron chi connectivity index (χ1n) is 29.8. The summed E-state index contributed by atoms with van der Waals surface area (Å²) in [5, 5.41) is 101. The molecule has 3 fully saturated rings. The molecular formula is C58H79N9O25P2. The highest BCUT2D eigenvalue weighted by Crippen LogP contribution is 2.61. The number of aliphatic hydroxyl groups excluding tert-OH is 5. The Kier molecular flexibility index (Phi) is 21.7. The van der Waals surface area contributed by atoms with Gasteiger partial charge in [-0.2, -0.15) is 9.41 Å². The fourth-order valence-corrected chi connectivity index (χ4v) is 14.0.